The van der Waals surface area contributed by atoms with Crippen molar-refractivity contribution in [3.63, 3.8) is 0 Å². The van der Waals surface area contributed by atoms with Crippen LogP contribution >= 0.6 is 15.9 Å². The van der Waals surface area contributed by atoms with Gasteiger partial charge >= 0.3 is 6.18 Å². The van der Waals surface area contributed by atoms with Crippen molar-refractivity contribution in [3.8, 4) is 0 Å². The van der Waals surface area contributed by atoms with Gasteiger partial charge in [0.1, 0.15) is 5.60 Å². The molecule has 2 saturated heterocycles. The Morgan fingerprint density at radius 2 is 1.67 bits per heavy atom. The summed E-state index contributed by atoms with van der Waals surface area (Å²) in [5.41, 5.74) is -2.69. The standard InChI is InChI=1S/C20H32BrF3O3/c1-11(2)17(6)10-9-16(5)12(3)7-8-14-13(4)19(21,20(22,23)24)27-15(26-17)18(14,16)25/h11-15,25H,7-10H2,1-6H3/t12-,13-,14+,15+,16+,17+,18-,19-/m1/s1. The highest BCUT2D eigenvalue weighted by Crippen LogP contribution is 2.66. The summed E-state index contributed by atoms with van der Waals surface area (Å²) in [5, 5.41) is 12.0. The van der Waals surface area contributed by atoms with Crippen molar-refractivity contribution >= 4 is 15.9 Å². The summed E-state index contributed by atoms with van der Waals surface area (Å²) >= 11 is 2.89. The van der Waals surface area contributed by atoms with E-state index >= 15 is 0 Å². The summed E-state index contributed by atoms with van der Waals surface area (Å²) in [5.74, 6) is -1.24. The molecule has 3 nitrogen and oxygen atoms in total. The van der Waals surface area contributed by atoms with Gasteiger partial charge in [0.2, 0.25) is 4.51 Å². The summed E-state index contributed by atoms with van der Waals surface area (Å²) in [6.07, 6.45) is -3.25. The third kappa shape index (κ3) is 2.77. The minimum atomic E-state index is -4.61. The molecule has 1 N–H and O–H groups in total. The van der Waals surface area contributed by atoms with Crippen LogP contribution in [0.15, 0.2) is 0 Å². The van der Waals surface area contributed by atoms with Gasteiger partial charge in [-0.05, 0) is 66.3 Å². The van der Waals surface area contributed by atoms with E-state index in [4.69, 9.17) is 9.47 Å². The smallest absolute Gasteiger partial charge is 0.384 e. The lowest BCUT2D eigenvalue weighted by Crippen LogP contribution is -2.74. The number of halogens is 4. The molecule has 27 heavy (non-hydrogen) atoms. The van der Waals surface area contributed by atoms with Crippen molar-refractivity contribution in [1.29, 1.82) is 0 Å². The second-order valence-electron chi connectivity index (χ2n) is 9.79. The summed E-state index contributed by atoms with van der Waals surface area (Å²) in [4.78, 5) is 0. The van der Waals surface area contributed by atoms with Crippen LogP contribution in [-0.4, -0.2) is 33.3 Å². The van der Waals surface area contributed by atoms with Crippen molar-refractivity contribution in [3.05, 3.63) is 0 Å². The zero-order valence-electron chi connectivity index (χ0n) is 17.0. The van der Waals surface area contributed by atoms with Crippen LogP contribution in [0.5, 0.6) is 0 Å². The number of ether oxygens (including phenoxy) is 2. The van der Waals surface area contributed by atoms with Crippen LogP contribution in [0.3, 0.4) is 0 Å². The van der Waals surface area contributed by atoms with E-state index in [1.54, 1.807) is 0 Å². The van der Waals surface area contributed by atoms with Gasteiger partial charge < -0.3 is 14.6 Å². The van der Waals surface area contributed by atoms with Crippen molar-refractivity contribution in [2.24, 2.45) is 29.1 Å². The molecule has 3 rings (SSSR count). The molecule has 0 spiro atoms. The van der Waals surface area contributed by atoms with Crippen LogP contribution in [0.2, 0.25) is 0 Å². The Hall–Kier alpha value is 0.150. The molecule has 0 amide bonds. The number of rotatable bonds is 1. The molecule has 3 fully saturated rings. The molecule has 0 aromatic heterocycles. The quantitative estimate of drug-likeness (QED) is 0.518. The number of alkyl halides is 4. The van der Waals surface area contributed by atoms with E-state index in [1.165, 1.54) is 6.92 Å². The van der Waals surface area contributed by atoms with E-state index in [0.29, 0.717) is 19.3 Å². The molecule has 0 unspecified atom stereocenters. The molecular weight excluding hydrogens is 425 g/mol. The first-order chi connectivity index (χ1) is 12.1. The minimum Gasteiger partial charge on any atom is -0.384 e. The SMILES string of the molecule is CC(C)[C@]1(C)CC[C@@]2(C)[C@H](C)CC[C@H]3[C@@H](C)[C@](Br)(C(F)(F)F)O[C@H](O1)[C@]32O. The maximum absolute atomic E-state index is 14.0. The highest BCUT2D eigenvalue weighted by molar-refractivity contribution is 9.10. The summed E-state index contributed by atoms with van der Waals surface area (Å²) in [6, 6.07) is 0. The number of hydrogen-bond acceptors (Lipinski definition) is 3. The summed E-state index contributed by atoms with van der Waals surface area (Å²) in [6.45, 7) is 11.6. The van der Waals surface area contributed by atoms with Gasteiger partial charge in [-0.1, -0.05) is 34.6 Å². The van der Waals surface area contributed by atoms with Gasteiger partial charge in [0.25, 0.3) is 0 Å². The Balaban J connectivity index is 2.17. The van der Waals surface area contributed by atoms with E-state index in [9.17, 15) is 18.3 Å². The molecule has 3 aliphatic rings. The molecule has 2 aliphatic heterocycles. The monoisotopic (exact) mass is 456 g/mol. The normalized spacial score (nSPS) is 53.8. The van der Waals surface area contributed by atoms with Crippen molar-refractivity contribution in [2.75, 3.05) is 0 Å². The maximum atomic E-state index is 14.0. The minimum absolute atomic E-state index is 0.0807. The van der Waals surface area contributed by atoms with Crippen LogP contribution in [0, 0.1) is 29.1 Å². The van der Waals surface area contributed by atoms with Gasteiger partial charge in [0.05, 0.1) is 5.60 Å². The predicted molar refractivity (Wildman–Crippen MR) is 100 cm³/mol. The van der Waals surface area contributed by atoms with Gasteiger partial charge in [-0.3, -0.25) is 0 Å². The number of aliphatic hydroxyl groups is 1. The second kappa shape index (κ2) is 6.32. The van der Waals surface area contributed by atoms with Crippen LogP contribution in [0.1, 0.15) is 67.2 Å². The topological polar surface area (TPSA) is 38.7 Å². The Morgan fingerprint density at radius 3 is 2.19 bits per heavy atom. The molecule has 1 aliphatic carbocycles. The van der Waals surface area contributed by atoms with Gasteiger partial charge in [0, 0.05) is 11.3 Å². The van der Waals surface area contributed by atoms with Crippen molar-refractivity contribution in [1.82, 2.24) is 0 Å². The third-order valence-corrected chi connectivity index (χ3v) is 9.79. The Kier molecular flexibility index (Phi) is 5.12. The highest BCUT2D eigenvalue weighted by atomic mass is 79.9. The molecule has 2 heterocycles. The Morgan fingerprint density at radius 1 is 1.07 bits per heavy atom. The first-order valence-corrected chi connectivity index (χ1v) is 10.8. The van der Waals surface area contributed by atoms with Gasteiger partial charge in [-0.15, -0.1) is 0 Å². The third-order valence-electron chi connectivity index (χ3n) is 8.43. The number of hydrogen-bond donors (Lipinski definition) is 1. The first kappa shape index (κ1) is 21.8. The van der Waals surface area contributed by atoms with Crippen LogP contribution in [0.4, 0.5) is 13.2 Å². The second-order valence-corrected chi connectivity index (χ2v) is 11.0. The van der Waals surface area contributed by atoms with Crippen LogP contribution in [-0.2, 0) is 9.47 Å². The molecule has 0 aromatic rings. The maximum Gasteiger partial charge on any atom is 0.427 e. The van der Waals surface area contributed by atoms with Gasteiger partial charge in [-0.2, -0.15) is 13.2 Å². The highest BCUT2D eigenvalue weighted by Gasteiger charge is 2.75. The lowest BCUT2D eigenvalue weighted by atomic mass is 9.50. The predicted octanol–water partition coefficient (Wildman–Crippen LogP) is 5.64. The first-order valence-electron chi connectivity index (χ1n) is 9.97. The van der Waals surface area contributed by atoms with Crippen LogP contribution < -0.4 is 0 Å². The fourth-order valence-corrected chi connectivity index (χ4v) is 6.08. The molecule has 0 radical (unpaired) electrons. The van der Waals surface area contributed by atoms with Gasteiger partial charge in [0.15, 0.2) is 6.29 Å². The van der Waals surface area contributed by atoms with Crippen molar-refractivity contribution in [2.45, 2.75) is 95.4 Å². The van der Waals surface area contributed by atoms with E-state index in [2.05, 4.69) is 22.9 Å². The average Bonchev–Trinajstić information content (AvgIpc) is 2.63. The fraction of sp³-hybridized carbons (Fsp3) is 1.00. The molecule has 1 saturated carbocycles. The van der Waals surface area contributed by atoms with E-state index in [-0.39, 0.29) is 11.8 Å². The zero-order valence-corrected chi connectivity index (χ0v) is 18.6. The molecule has 7 heteroatoms. The fourth-order valence-electron chi connectivity index (χ4n) is 5.59. The lowest BCUT2D eigenvalue weighted by Gasteiger charge is -2.64. The average molecular weight is 457 g/mol. The summed E-state index contributed by atoms with van der Waals surface area (Å²) < 4.78 is 51.4. The Bertz CT molecular complexity index is 600. The lowest BCUT2D eigenvalue weighted by molar-refractivity contribution is -0.411. The van der Waals surface area contributed by atoms with E-state index < -0.39 is 45.4 Å². The molecule has 158 valence electrons. The molecule has 8 atom stereocenters. The van der Waals surface area contributed by atoms with Crippen LogP contribution in [0.25, 0.3) is 0 Å². The van der Waals surface area contributed by atoms with Crippen molar-refractivity contribution < 1.29 is 27.8 Å². The molecule has 0 bridgehead atoms. The zero-order chi connectivity index (χ0) is 20.6. The van der Waals surface area contributed by atoms with Gasteiger partial charge in [-0.25, -0.2) is 0 Å². The van der Waals surface area contributed by atoms with E-state index in [1.807, 2.05) is 27.7 Å². The molecule has 0 aromatic carbocycles. The van der Waals surface area contributed by atoms with E-state index in [0.717, 1.165) is 6.42 Å². The largest absolute Gasteiger partial charge is 0.427 e. The molecular formula is C20H32BrF3O3. The Labute approximate surface area is 168 Å². The summed E-state index contributed by atoms with van der Waals surface area (Å²) in [7, 11) is 0.